The van der Waals surface area contributed by atoms with Crippen LogP contribution in [0.15, 0.2) is 0 Å². The molecule has 0 aromatic carbocycles. The molecular formula is C3H10N2O6. The molecule has 0 bridgehead atoms. The van der Waals surface area contributed by atoms with Crippen molar-refractivity contribution in [2.75, 3.05) is 6.54 Å². The van der Waals surface area contributed by atoms with Crippen LogP contribution in [0, 0.1) is 15.3 Å². The molecular weight excluding hydrogens is 160 g/mol. The summed E-state index contributed by atoms with van der Waals surface area (Å²) in [5.41, 5.74) is 0. The summed E-state index contributed by atoms with van der Waals surface area (Å²) in [6, 6.07) is 0. The summed E-state index contributed by atoms with van der Waals surface area (Å²) in [6.07, 6.45) is 0.531. The van der Waals surface area contributed by atoms with Crippen LogP contribution in [0.3, 0.4) is 0 Å². The summed E-state index contributed by atoms with van der Waals surface area (Å²) in [5.74, 6) is 0. The van der Waals surface area contributed by atoms with Crippen molar-refractivity contribution in [3.63, 3.8) is 0 Å². The van der Waals surface area contributed by atoms with Gasteiger partial charge in [0.2, 0.25) is 0 Å². The fourth-order valence-corrected chi connectivity index (χ4v) is 0.300. The molecule has 0 unspecified atom stereocenters. The van der Waals surface area contributed by atoms with Gasteiger partial charge in [-0.1, -0.05) is 6.92 Å². The minimum absolute atomic E-state index is 0.0556. The first-order valence-corrected chi connectivity index (χ1v) is 2.67. The molecule has 0 aliphatic heterocycles. The van der Waals surface area contributed by atoms with Crippen molar-refractivity contribution in [2.24, 2.45) is 0 Å². The standard InChI is InChI=1S/C3H10NO3.NO3/c1-2-3-4(5,6)7;2-1(3)4/h5-7H,2-3H2,1H3;/q+1;-1. The highest BCUT2D eigenvalue weighted by Crippen LogP contribution is 1.88. The van der Waals surface area contributed by atoms with Crippen LogP contribution in [0.4, 0.5) is 0 Å². The molecule has 11 heavy (non-hydrogen) atoms. The summed E-state index contributed by atoms with van der Waals surface area (Å²) < 4.78 is 0. The van der Waals surface area contributed by atoms with Crippen molar-refractivity contribution >= 4 is 0 Å². The lowest BCUT2D eigenvalue weighted by atomic mass is 10.5. The zero-order chi connectivity index (χ0) is 9.49. The van der Waals surface area contributed by atoms with Gasteiger partial charge in [0.1, 0.15) is 0 Å². The number of quaternary nitrogens is 1. The molecule has 0 spiro atoms. The van der Waals surface area contributed by atoms with Crippen molar-refractivity contribution in [2.45, 2.75) is 13.3 Å². The van der Waals surface area contributed by atoms with E-state index in [-0.39, 0.29) is 6.54 Å². The van der Waals surface area contributed by atoms with Crippen molar-refractivity contribution in [3.8, 4) is 0 Å². The molecule has 68 valence electrons. The van der Waals surface area contributed by atoms with Gasteiger partial charge in [-0.15, -0.1) is 15.6 Å². The SMILES string of the molecule is CCC[N+](O)(O)O.O=[N+]([O-])[O-]. The molecule has 0 fully saturated rings. The third-order valence-corrected chi connectivity index (χ3v) is 0.524. The average Bonchev–Trinajstić information content (AvgIpc) is 1.58. The number of hydrogen-bond donors (Lipinski definition) is 3. The minimum atomic E-state index is -1.91. The first-order chi connectivity index (χ1) is 4.79. The molecule has 0 aliphatic carbocycles. The summed E-state index contributed by atoms with van der Waals surface area (Å²) in [5, 5.41) is 38.9. The predicted octanol–water partition coefficient (Wildman–Crippen LogP) is 0.142. The van der Waals surface area contributed by atoms with Crippen LogP contribution in [0.1, 0.15) is 13.3 Å². The van der Waals surface area contributed by atoms with Gasteiger partial charge in [0, 0.05) is 6.42 Å². The molecule has 0 aromatic rings. The van der Waals surface area contributed by atoms with Gasteiger partial charge >= 0.3 is 0 Å². The quantitative estimate of drug-likeness (QED) is 0.307. The smallest absolute Gasteiger partial charge is 0.177 e. The zero-order valence-corrected chi connectivity index (χ0v) is 5.88. The Morgan fingerprint density at radius 1 is 1.36 bits per heavy atom. The molecule has 0 heterocycles. The Kier molecular flexibility index (Phi) is 6.69. The maximum absolute atomic E-state index is 8.25. The number of nitrogens with zero attached hydrogens (tertiary/aromatic N) is 2. The summed E-state index contributed by atoms with van der Waals surface area (Å²) >= 11 is 0. The first-order valence-electron chi connectivity index (χ1n) is 2.67. The van der Waals surface area contributed by atoms with E-state index in [0.29, 0.717) is 6.42 Å². The molecule has 0 atom stereocenters. The van der Waals surface area contributed by atoms with Crippen LogP contribution in [-0.2, 0) is 0 Å². The van der Waals surface area contributed by atoms with E-state index in [0.717, 1.165) is 0 Å². The van der Waals surface area contributed by atoms with Crippen LogP contribution in [0.25, 0.3) is 0 Å². The third kappa shape index (κ3) is 48.5. The molecule has 0 amide bonds. The Morgan fingerprint density at radius 3 is 1.64 bits per heavy atom. The van der Waals surface area contributed by atoms with Crippen LogP contribution >= 0.6 is 0 Å². The molecule has 8 heteroatoms. The van der Waals surface area contributed by atoms with Gasteiger partial charge in [-0.05, 0) is 0 Å². The second-order valence-corrected chi connectivity index (χ2v) is 1.64. The van der Waals surface area contributed by atoms with E-state index in [1.807, 2.05) is 0 Å². The monoisotopic (exact) mass is 170 g/mol. The molecule has 0 saturated heterocycles. The van der Waals surface area contributed by atoms with E-state index in [2.05, 4.69) is 0 Å². The van der Waals surface area contributed by atoms with Crippen LogP contribution in [0.5, 0.6) is 0 Å². The van der Waals surface area contributed by atoms with Crippen molar-refractivity contribution in [1.29, 1.82) is 0 Å². The maximum atomic E-state index is 8.25. The molecule has 0 rings (SSSR count). The largest absolute Gasteiger partial charge is 0.356 e. The van der Waals surface area contributed by atoms with E-state index in [1.165, 1.54) is 0 Å². The Bertz CT molecular complexity index is 105. The van der Waals surface area contributed by atoms with Gasteiger partial charge in [-0.25, -0.2) is 0 Å². The van der Waals surface area contributed by atoms with Gasteiger partial charge in [-0.3, -0.25) is 0 Å². The van der Waals surface area contributed by atoms with Gasteiger partial charge in [0.15, 0.2) is 6.54 Å². The molecule has 0 aromatic heterocycles. The van der Waals surface area contributed by atoms with Crippen molar-refractivity contribution < 1.29 is 25.7 Å². The molecule has 0 saturated carbocycles. The Balaban J connectivity index is 0. The summed E-state index contributed by atoms with van der Waals surface area (Å²) in [4.78, 5) is 6.34. The highest BCUT2D eigenvalue weighted by atomic mass is 17.1. The molecule has 0 aliphatic rings. The van der Waals surface area contributed by atoms with E-state index in [4.69, 9.17) is 30.9 Å². The lowest BCUT2D eigenvalue weighted by Crippen LogP contribution is -2.37. The topological polar surface area (TPSA) is 127 Å². The normalized spacial score (nSPS) is 9.82. The van der Waals surface area contributed by atoms with E-state index in [1.54, 1.807) is 6.92 Å². The molecule has 8 nitrogen and oxygen atoms in total. The van der Waals surface area contributed by atoms with Crippen molar-refractivity contribution in [1.82, 2.24) is 0 Å². The third-order valence-electron chi connectivity index (χ3n) is 0.524. The molecule has 3 N–H and O–H groups in total. The Hall–Kier alpha value is -0.960. The van der Waals surface area contributed by atoms with Crippen LogP contribution in [0.2, 0.25) is 0 Å². The van der Waals surface area contributed by atoms with Gasteiger partial charge in [-0.2, -0.15) is 0 Å². The van der Waals surface area contributed by atoms with Crippen LogP contribution in [-0.4, -0.2) is 32.2 Å². The predicted molar refractivity (Wildman–Crippen MR) is 31.1 cm³/mol. The highest BCUT2D eigenvalue weighted by molar-refractivity contribution is 4.11. The molecule has 0 radical (unpaired) electrons. The second-order valence-electron chi connectivity index (χ2n) is 1.64. The fraction of sp³-hybridized carbons (Fsp3) is 1.00. The Labute approximate surface area is 62.1 Å². The lowest BCUT2D eigenvalue weighted by molar-refractivity contribution is -1.37. The van der Waals surface area contributed by atoms with Gasteiger partial charge < -0.3 is 15.3 Å². The van der Waals surface area contributed by atoms with Gasteiger partial charge in [0.25, 0.3) is 0 Å². The fourth-order valence-electron chi connectivity index (χ4n) is 0.300. The van der Waals surface area contributed by atoms with Crippen LogP contribution < -0.4 is 0 Å². The summed E-state index contributed by atoms with van der Waals surface area (Å²) in [7, 11) is 0. The zero-order valence-electron chi connectivity index (χ0n) is 5.88. The number of hydrogen-bond acceptors (Lipinski definition) is 6. The van der Waals surface area contributed by atoms with E-state index >= 15 is 0 Å². The lowest BCUT2D eigenvalue weighted by Gasteiger charge is -2.08. The van der Waals surface area contributed by atoms with Gasteiger partial charge in [0.05, 0.1) is 10.1 Å². The Morgan fingerprint density at radius 2 is 1.64 bits per heavy atom. The van der Waals surface area contributed by atoms with E-state index in [9.17, 15) is 0 Å². The maximum Gasteiger partial charge on any atom is 0.177 e. The van der Waals surface area contributed by atoms with Crippen molar-refractivity contribution in [3.05, 3.63) is 15.3 Å². The second kappa shape index (κ2) is 5.80. The number of rotatable bonds is 2. The summed E-state index contributed by atoms with van der Waals surface area (Å²) in [6.45, 7) is 1.68. The number of hydroxylamine groups is 3. The minimum Gasteiger partial charge on any atom is -0.356 e. The van der Waals surface area contributed by atoms with E-state index < -0.39 is 10.1 Å². The first kappa shape index (κ1) is 12.7. The highest BCUT2D eigenvalue weighted by Gasteiger charge is 2.14. The average molecular weight is 170 g/mol.